The van der Waals surface area contributed by atoms with Crippen LogP contribution in [-0.2, 0) is 16.6 Å². The number of halogens is 1. The van der Waals surface area contributed by atoms with Crippen LogP contribution in [0.3, 0.4) is 0 Å². The quantitative estimate of drug-likeness (QED) is 0.435. The molecule has 3 aromatic rings. The van der Waals surface area contributed by atoms with Gasteiger partial charge in [-0.3, -0.25) is 0 Å². The van der Waals surface area contributed by atoms with Crippen LogP contribution in [0, 0.1) is 0 Å². The molecule has 0 radical (unpaired) electrons. The maximum absolute atomic E-state index is 12.2. The number of nitrogens with zero attached hydrogens (tertiary/aromatic N) is 1. The Labute approximate surface area is 166 Å². The van der Waals surface area contributed by atoms with Gasteiger partial charge in [-0.15, -0.1) is 0 Å². The molecule has 0 aliphatic carbocycles. The average molecular weight is 445 g/mol. The van der Waals surface area contributed by atoms with Gasteiger partial charge in [0.05, 0.1) is 11.1 Å². The van der Waals surface area contributed by atoms with Crippen molar-refractivity contribution in [3.63, 3.8) is 0 Å². The average Bonchev–Trinajstić information content (AvgIpc) is 2.69. The summed E-state index contributed by atoms with van der Waals surface area (Å²) in [6.45, 7) is 0.402. The lowest BCUT2D eigenvalue weighted by atomic mass is 10.2. The van der Waals surface area contributed by atoms with Gasteiger partial charge in [0.2, 0.25) is 0 Å². The van der Waals surface area contributed by atoms with E-state index in [1.165, 1.54) is 18.3 Å². The monoisotopic (exact) mass is 444 g/mol. The predicted octanol–water partition coefficient (Wildman–Crippen LogP) is 4.34. The number of hydrogen-bond donors (Lipinski definition) is 1. The molecule has 0 saturated heterocycles. The fourth-order valence-corrected chi connectivity index (χ4v) is 3.50. The summed E-state index contributed by atoms with van der Waals surface area (Å²) in [4.78, 5) is 2.37. The summed E-state index contributed by atoms with van der Waals surface area (Å²) < 4.78 is 31.1. The topological polar surface area (TPSA) is 67.8 Å². The van der Waals surface area contributed by atoms with Crippen LogP contribution in [0.5, 0.6) is 5.75 Å². The lowest BCUT2D eigenvalue weighted by molar-refractivity contribution is 0.305. The fraction of sp³-hybridized carbons (Fsp3) is 0.0500. The molecule has 0 heterocycles. The first kappa shape index (κ1) is 19.1. The van der Waals surface area contributed by atoms with Crippen LogP contribution in [-0.4, -0.2) is 14.6 Å². The molecule has 0 aliphatic rings. The van der Waals surface area contributed by atoms with Crippen molar-refractivity contribution >= 4 is 32.2 Å². The minimum Gasteiger partial charge on any atom is -0.488 e. The molecule has 0 atom stereocenters. The molecule has 0 aliphatic heterocycles. The van der Waals surface area contributed by atoms with Gasteiger partial charge in [-0.1, -0.05) is 64.5 Å². The van der Waals surface area contributed by atoms with Gasteiger partial charge in [-0.2, -0.15) is 13.5 Å². The van der Waals surface area contributed by atoms with E-state index in [0.29, 0.717) is 17.9 Å². The Bertz CT molecular complexity index is 1020. The zero-order valence-corrected chi connectivity index (χ0v) is 16.7. The summed E-state index contributed by atoms with van der Waals surface area (Å²) in [6.07, 6.45) is 1.42. The summed E-state index contributed by atoms with van der Waals surface area (Å²) in [5.74, 6) is 0.602. The Morgan fingerprint density at radius 3 is 2.33 bits per heavy atom. The summed E-state index contributed by atoms with van der Waals surface area (Å²) in [7, 11) is -3.71. The predicted molar refractivity (Wildman–Crippen MR) is 109 cm³/mol. The molecule has 0 bridgehead atoms. The molecule has 138 valence electrons. The number of benzene rings is 3. The zero-order valence-electron chi connectivity index (χ0n) is 14.2. The molecule has 0 spiro atoms. The molecule has 0 saturated carbocycles. The summed E-state index contributed by atoms with van der Waals surface area (Å²) in [6, 6.07) is 23.3. The van der Waals surface area contributed by atoms with Gasteiger partial charge in [0.15, 0.2) is 0 Å². The Morgan fingerprint density at radius 2 is 1.63 bits per heavy atom. The molecule has 0 aromatic heterocycles. The molecule has 27 heavy (non-hydrogen) atoms. The highest BCUT2D eigenvalue weighted by Gasteiger charge is 2.11. The normalized spacial score (nSPS) is 11.4. The molecule has 3 rings (SSSR count). The number of hydrogen-bond acceptors (Lipinski definition) is 4. The second kappa shape index (κ2) is 8.83. The van der Waals surface area contributed by atoms with Gasteiger partial charge in [-0.25, -0.2) is 4.83 Å². The maximum atomic E-state index is 12.2. The Balaban J connectivity index is 1.74. The minimum atomic E-state index is -3.71. The standard InChI is InChI=1S/C20H17BrN2O3S/c21-18-11-12-20(26-15-16-7-3-1-4-8-16)17(13-18)14-22-23-27(24,25)19-9-5-2-6-10-19/h1-14,23H,15H2/b22-14-. The number of rotatable bonds is 7. The smallest absolute Gasteiger partial charge is 0.276 e. The first-order chi connectivity index (χ1) is 13.0. The fourth-order valence-electron chi connectivity index (χ4n) is 2.30. The van der Waals surface area contributed by atoms with Crippen LogP contribution in [0.2, 0.25) is 0 Å². The largest absolute Gasteiger partial charge is 0.488 e. The van der Waals surface area contributed by atoms with Crippen LogP contribution < -0.4 is 9.57 Å². The lowest BCUT2D eigenvalue weighted by Crippen LogP contribution is -2.18. The van der Waals surface area contributed by atoms with Crippen LogP contribution in [0.15, 0.2) is 93.3 Å². The van der Waals surface area contributed by atoms with Gasteiger partial charge < -0.3 is 4.74 Å². The Morgan fingerprint density at radius 1 is 0.963 bits per heavy atom. The molecule has 0 unspecified atom stereocenters. The van der Waals surface area contributed by atoms with E-state index >= 15 is 0 Å². The zero-order chi connectivity index (χ0) is 19.1. The van der Waals surface area contributed by atoms with Crippen molar-refractivity contribution in [1.29, 1.82) is 0 Å². The van der Waals surface area contributed by atoms with Gasteiger partial charge >= 0.3 is 0 Å². The second-order valence-corrected chi connectivity index (χ2v) is 8.20. The highest BCUT2D eigenvalue weighted by molar-refractivity contribution is 9.10. The van der Waals surface area contributed by atoms with E-state index in [1.807, 2.05) is 36.4 Å². The van der Waals surface area contributed by atoms with Gasteiger partial charge in [0.1, 0.15) is 12.4 Å². The number of sulfonamides is 1. The maximum Gasteiger partial charge on any atom is 0.276 e. The first-order valence-corrected chi connectivity index (χ1v) is 10.4. The van der Waals surface area contributed by atoms with Crippen LogP contribution in [0.25, 0.3) is 0 Å². The third-order valence-corrected chi connectivity index (χ3v) is 5.37. The van der Waals surface area contributed by atoms with Gasteiger partial charge in [0, 0.05) is 10.0 Å². The Hall–Kier alpha value is -2.64. The van der Waals surface area contributed by atoms with E-state index < -0.39 is 10.0 Å². The Kier molecular flexibility index (Phi) is 6.26. The summed E-state index contributed by atoms with van der Waals surface area (Å²) >= 11 is 3.40. The highest BCUT2D eigenvalue weighted by Crippen LogP contribution is 2.23. The molecular weight excluding hydrogens is 428 g/mol. The van der Waals surface area contributed by atoms with Crippen LogP contribution in [0.1, 0.15) is 11.1 Å². The van der Waals surface area contributed by atoms with Gasteiger partial charge in [-0.05, 0) is 35.9 Å². The molecule has 0 fully saturated rings. The van der Waals surface area contributed by atoms with E-state index in [-0.39, 0.29) is 4.90 Å². The van der Waals surface area contributed by atoms with Crippen LogP contribution >= 0.6 is 15.9 Å². The summed E-state index contributed by atoms with van der Waals surface area (Å²) in [5, 5.41) is 3.88. The SMILES string of the molecule is O=S(=O)(N/N=C\c1cc(Br)ccc1OCc1ccccc1)c1ccccc1. The summed E-state index contributed by atoms with van der Waals surface area (Å²) in [5.41, 5.74) is 1.68. The van der Waals surface area contributed by atoms with E-state index in [2.05, 4.69) is 25.9 Å². The first-order valence-electron chi connectivity index (χ1n) is 8.11. The number of ether oxygens (including phenoxy) is 1. The molecule has 3 aromatic carbocycles. The lowest BCUT2D eigenvalue weighted by Gasteiger charge is -2.10. The van der Waals surface area contributed by atoms with E-state index in [4.69, 9.17) is 4.74 Å². The van der Waals surface area contributed by atoms with E-state index in [1.54, 1.807) is 30.3 Å². The third-order valence-electron chi connectivity index (χ3n) is 3.64. The minimum absolute atomic E-state index is 0.150. The van der Waals surface area contributed by atoms with Crippen molar-refractivity contribution in [3.05, 3.63) is 94.5 Å². The van der Waals surface area contributed by atoms with Crippen molar-refractivity contribution in [2.24, 2.45) is 5.10 Å². The van der Waals surface area contributed by atoms with Crippen LogP contribution in [0.4, 0.5) is 0 Å². The van der Waals surface area contributed by atoms with Crippen molar-refractivity contribution in [3.8, 4) is 5.75 Å². The molecule has 7 heteroatoms. The van der Waals surface area contributed by atoms with Crippen molar-refractivity contribution in [1.82, 2.24) is 4.83 Å². The second-order valence-electron chi connectivity index (χ2n) is 5.62. The molecule has 5 nitrogen and oxygen atoms in total. The van der Waals surface area contributed by atoms with E-state index in [9.17, 15) is 8.42 Å². The third kappa shape index (κ3) is 5.42. The van der Waals surface area contributed by atoms with Crippen molar-refractivity contribution in [2.45, 2.75) is 11.5 Å². The van der Waals surface area contributed by atoms with Crippen molar-refractivity contribution in [2.75, 3.05) is 0 Å². The molecule has 1 N–H and O–H groups in total. The van der Waals surface area contributed by atoms with E-state index in [0.717, 1.165) is 10.0 Å². The molecule has 0 amide bonds. The number of nitrogens with one attached hydrogen (secondary N) is 1. The van der Waals surface area contributed by atoms with Gasteiger partial charge in [0.25, 0.3) is 10.0 Å². The number of hydrazone groups is 1. The van der Waals surface area contributed by atoms with Crippen molar-refractivity contribution < 1.29 is 13.2 Å². The molecular formula is C20H17BrN2O3S. The highest BCUT2D eigenvalue weighted by atomic mass is 79.9.